The minimum absolute atomic E-state index is 0.196. The number of benzene rings is 2. The van der Waals surface area contributed by atoms with Crippen LogP contribution < -0.4 is 11.1 Å². The number of likely N-dealkylation sites (tertiary alicyclic amines) is 1. The zero-order chi connectivity index (χ0) is 25.0. The molecule has 2 unspecified atom stereocenters. The maximum Gasteiger partial charge on any atom is 0.249 e. The molecule has 1 saturated carbocycles. The van der Waals surface area contributed by atoms with Gasteiger partial charge in [0.05, 0.1) is 12.0 Å². The summed E-state index contributed by atoms with van der Waals surface area (Å²) in [6.07, 6.45) is 7.62. The van der Waals surface area contributed by atoms with Gasteiger partial charge >= 0.3 is 0 Å². The monoisotopic (exact) mass is 474 g/mol. The van der Waals surface area contributed by atoms with Crippen LogP contribution in [0.25, 0.3) is 10.8 Å². The SMILES string of the molecule is CC(C)CC(C(=O)NC1(C#N)CCN(CC2CCCCC2)C1)c1c(C(N)=O)ccc2ccccc12. The number of carbonyl (C=O) groups is 2. The Balaban J connectivity index is 1.61. The lowest BCUT2D eigenvalue weighted by molar-refractivity contribution is -0.124. The summed E-state index contributed by atoms with van der Waals surface area (Å²) >= 11 is 0. The quantitative estimate of drug-likeness (QED) is 0.577. The van der Waals surface area contributed by atoms with Crippen molar-refractivity contribution < 1.29 is 9.59 Å². The fourth-order valence-electron chi connectivity index (χ4n) is 6.04. The minimum Gasteiger partial charge on any atom is -0.366 e. The van der Waals surface area contributed by atoms with Crippen LogP contribution in [0.3, 0.4) is 0 Å². The van der Waals surface area contributed by atoms with Crippen LogP contribution in [0.1, 0.15) is 80.6 Å². The number of nitrogens with two attached hydrogens (primary N) is 1. The Kier molecular flexibility index (Phi) is 7.76. The molecule has 2 amide bonds. The minimum atomic E-state index is -0.904. The van der Waals surface area contributed by atoms with E-state index in [2.05, 4.69) is 30.1 Å². The van der Waals surface area contributed by atoms with Crippen LogP contribution in [-0.4, -0.2) is 41.9 Å². The highest BCUT2D eigenvalue weighted by Crippen LogP contribution is 2.35. The molecule has 3 N–H and O–H groups in total. The Morgan fingerprint density at radius 2 is 1.91 bits per heavy atom. The van der Waals surface area contributed by atoms with Gasteiger partial charge in [-0.05, 0) is 59.9 Å². The Bertz CT molecular complexity index is 1120. The first-order valence-corrected chi connectivity index (χ1v) is 13.1. The van der Waals surface area contributed by atoms with E-state index in [1.807, 2.05) is 30.3 Å². The van der Waals surface area contributed by atoms with Crippen molar-refractivity contribution in [3.05, 3.63) is 47.5 Å². The van der Waals surface area contributed by atoms with Crippen molar-refractivity contribution in [3.63, 3.8) is 0 Å². The molecule has 6 nitrogen and oxygen atoms in total. The Morgan fingerprint density at radius 3 is 2.60 bits per heavy atom. The van der Waals surface area contributed by atoms with Crippen molar-refractivity contribution in [2.75, 3.05) is 19.6 Å². The highest BCUT2D eigenvalue weighted by molar-refractivity contribution is 6.04. The molecule has 0 aromatic heterocycles. The van der Waals surface area contributed by atoms with Crippen LogP contribution in [0, 0.1) is 23.2 Å². The van der Waals surface area contributed by atoms with E-state index in [4.69, 9.17) is 5.73 Å². The van der Waals surface area contributed by atoms with E-state index >= 15 is 0 Å². The maximum atomic E-state index is 13.9. The number of nitrogens with one attached hydrogen (secondary N) is 1. The predicted octanol–water partition coefficient (Wildman–Crippen LogP) is 4.73. The normalized spacial score (nSPS) is 22.2. The fraction of sp³-hybridized carbons (Fsp3) is 0.552. The van der Waals surface area contributed by atoms with Crippen molar-refractivity contribution in [1.29, 1.82) is 5.26 Å². The van der Waals surface area contributed by atoms with Gasteiger partial charge < -0.3 is 11.1 Å². The summed E-state index contributed by atoms with van der Waals surface area (Å²) in [6, 6.07) is 13.8. The van der Waals surface area contributed by atoms with E-state index in [9.17, 15) is 14.9 Å². The van der Waals surface area contributed by atoms with Crippen LogP contribution in [0.5, 0.6) is 0 Å². The molecule has 0 radical (unpaired) electrons. The molecule has 2 atom stereocenters. The molecule has 0 spiro atoms. The lowest BCUT2D eigenvalue weighted by atomic mass is 9.82. The van der Waals surface area contributed by atoms with Gasteiger partial charge in [0.15, 0.2) is 0 Å². The molecule has 2 aromatic rings. The molecule has 2 aliphatic rings. The molecular formula is C29H38N4O2. The number of nitrogens with zero attached hydrogens (tertiary/aromatic N) is 2. The van der Waals surface area contributed by atoms with Crippen LogP contribution in [-0.2, 0) is 4.79 Å². The molecule has 186 valence electrons. The molecule has 2 fully saturated rings. The molecule has 2 aromatic carbocycles. The van der Waals surface area contributed by atoms with E-state index in [-0.39, 0.29) is 11.8 Å². The summed E-state index contributed by atoms with van der Waals surface area (Å²) in [5, 5.41) is 15.1. The van der Waals surface area contributed by atoms with Crippen molar-refractivity contribution in [2.24, 2.45) is 17.6 Å². The van der Waals surface area contributed by atoms with Crippen molar-refractivity contribution in [2.45, 2.75) is 70.3 Å². The molecule has 1 heterocycles. The number of nitriles is 1. The maximum absolute atomic E-state index is 13.9. The molecule has 6 heteroatoms. The number of hydrogen-bond donors (Lipinski definition) is 2. The van der Waals surface area contributed by atoms with Gasteiger partial charge in [-0.2, -0.15) is 5.26 Å². The first-order valence-electron chi connectivity index (χ1n) is 13.1. The fourth-order valence-corrected chi connectivity index (χ4v) is 6.04. The van der Waals surface area contributed by atoms with Crippen molar-refractivity contribution in [3.8, 4) is 6.07 Å². The average molecular weight is 475 g/mol. The number of rotatable bonds is 8. The lowest BCUT2D eigenvalue weighted by Gasteiger charge is -2.30. The van der Waals surface area contributed by atoms with Crippen LogP contribution in [0.2, 0.25) is 0 Å². The lowest BCUT2D eigenvalue weighted by Crippen LogP contribution is -2.51. The zero-order valence-corrected chi connectivity index (χ0v) is 21.1. The third-order valence-electron chi connectivity index (χ3n) is 7.77. The van der Waals surface area contributed by atoms with E-state index in [1.165, 1.54) is 32.1 Å². The van der Waals surface area contributed by atoms with Crippen molar-refractivity contribution >= 4 is 22.6 Å². The summed E-state index contributed by atoms with van der Waals surface area (Å²) in [7, 11) is 0. The van der Waals surface area contributed by atoms with Gasteiger partial charge in [0, 0.05) is 25.2 Å². The Hall–Kier alpha value is -2.91. The van der Waals surface area contributed by atoms with Crippen molar-refractivity contribution in [1.82, 2.24) is 10.2 Å². The molecular weight excluding hydrogens is 436 g/mol. The molecule has 1 saturated heterocycles. The second-order valence-electron chi connectivity index (χ2n) is 11.0. The first kappa shape index (κ1) is 25.2. The smallest absolute Gasteiger partial charge is 0.249 e. The van der Waals surface area contributed by atoms with Gasteiger partial charge in [0.1, 0.15) is 5.54 Å². The van der Waals surface area contributed by atoms with Crippen LogP contribution >= 0.6 is 0 Å². The van der Waals surface area contributed by atoms with Gasteiger partial charge in [-0.3, -0.25) is 14.5 Å². The number of carbonyl (C=O) groups excluding carboxylic acids is 2. The van der Waals surface area contributed by atoms with E-state index < -0.39 is 17.4 Å². The van der Waals surface area contributed by atoms with Gasteiger partial charge in [-0.15, -0.1) is 0 Å². The second-order valence-corrected chi connectivity index (χ2v) is 11.0. The summed E-state index contributed by atoms with van der Waals surface area (Å²) in [4.78, 5) is 28.6. The van der Waals surface area contributed by atoms with Gasteiger partial charge in [-0.25, -0.2) is 0 Å². The Morgan fingerprint density at radius 1 is 1.17 bits per heavy atom. The predicted molar refractivity (Wildman–Crippen MR) is 139 cm³/mol. The summed E-state index contributed by atoms with van der Waals surface area (Å²) in [5.41, 5.74) is 5.91. The number of amides is 2. The Labute approximate surface area is 208 Å². The molecule has 1 aliphatic heterocycles. The number of primary amides is 1. The summed E-state index contributed by atoms with van der Waals surface area (Å²) in [6.45, 7) is 6.51. The largest absolute Gasteiger partial charge is 0.366 e. The van der Waals surface area contributed by atoms with Crippen LogP contribution in [0.4, 0.5) is 0 Å². The summed E-state index contributed by atoms with van der Waals surface area (Å²) < 4.78 is 0. The van der Waals surface area contributed by atoms with Gasteiger partial charge in [0.2, 0.25) is 11.8 Å². The molecule has 4 rings (SSSR count). The van der Waals surface area contributed by atoms with E-state index in [0.29, 0.717) is 36.4 Å². The van der Waals surface area contributed by atoms with Crippen LogP contribution in [0.15, 0.2) is 36.4 Å². The van der Waals surface area contributed by atoms with E-state index in [1.54, 1.807) is 6.07 Å². The summed E-state index contributed by atoms with van der Waals surface area (Å²) in [5.74, 6) is -0.395. The third-order valence-corrected chi connectivity index (χ3v) is 7.77. The molecule has 0 bridgehead atoms. The highest BCUT2D eigenvalue weighted by Gasteiger charge is 2.42. The first-order chi connectivity index (χ1) is 16.8. The van der Waals surface area contributed by atoms with E-state index in [0.717, 1.165) is 23.9 Å². The molecule has 1 aliphatic carbocycles. The standard InChI is InChI=1S/C29H38N4O2/c1-20(2)16-25(26-23-11-7-6-10-22(23)12-13-24(26)27(31)34)28(35)32-29(18-30)14-15-33(19-29)17-21-8-4-3-5-9-21/h6-7,10-13,20-21,25H,3-5,8-9,14-17,19H2,1-2H3,(H2,31,34)(H,32,35). The topological polar surface area (TPSA) is 99.2 Å². The number of fused-ring (bicyclic) bond motifs is 1. The number of hydrogen-bond acceptors (Lipinski definition) is 4. The van der Waals surface area contributed by atoms with Gasteiger partial charge in [-0.1, -0.05) is 63.4 Å². The zero-order valence-electron chi connectivity index (χ0n) is 21.1. The average Bonchev–Trinajstić information content (AvgIpc) is 3.24. The highest BCUT2D eigenvalue weighted by atomic mass is 16.2. The molecule has 35 heavy (non-hydrogen) atoms. The van der Waals surface area contributed by atoms with Gasteiger partial charge in [0.25, 0.3) is 0 Å². The third kappa shape index (κ3) is 5.67. The second kappa shape index (κ2) is 10.8.